The first-order chi connectivity index (χ1) is 16.5. The van der Waals surface area contributed by atoms with E-state index >= 15 is 0 Å². The third-order valence-corrected chi connectivity index (χ3v) is 7.70. The standard InChI is InChI=1S/C27H30N2O5/c30-24(31)12-11-22(25(32)29-23-15-27(23)13-5-6-14-27)28-26(33)34-16-21-19-9-3-1-7-17(19)18-8-2-4-10-20(18)21/h1-4,7-10,21-23H,5-6,11-16H2,(H,28,33)(H,29,32)(H,30,31). The number of alkyl carbamates (subject to hydrolysis) is 1. The molecule has 0 aromatic heterocycles. The van der Waals surface area contributed by atoms with Gasteiger partial charge in [-0.3, -0.25) is 9.59 Å². The van der Waals surface area contributed by atoms with Crippen molar-refractivity contribution in [2.24, 2.45) is 5.41 Å². The van der Waals surface area contributed by atoms with Gasteiger partial charge in [-0.2, -0.15) is 0 Å². The van der Waals surface area contributed by atoms with E-state index in [1.807, 2.05) is 36.4 Å². The number of rotatable bonds is 8. The van der Waals surface area contributed by atoms with Crippen LogP contribution in [0.3, 0.4) is 0 Å². The van der Waals surface area contributed by atoms with Crippen molar-refractivity contribution in [2.45, 2.75) is 62.9 Å². The summed E-state index contributed by atoms with van der Waals surface area (Å²) in [5, 5.41) is 14.8. The summed E-state index contributed by atoms with van der Waals surface area (Å²) in [6.07, 6.45) is 4.69. The number of fused-ring (bicyclic) bond motifs is 3. The molecular formula is C27H30N2O5. The highest BCUT2D eigenvalue weighted by Gasteiger charge is 2.56. The third kappa shape index (κ3) is 4.39. The molecule has 0 saturated heterocycles. The SMILES string of the molecule is O=C(O)CCC(NC(=O)OCC1c2ccccc2-c2ccccc21)C(=O)NC1CC12CCCC2. The van der Waals surface area contributed by atoms with Crippen molar-refractivity contribution < 1.29 is 24.2 Å². The fourth-order valence-corrected chi connectivity index (χ4v) is 5.77. The summed E-state index contributed by atoms with van der Waals surface area (Å²) < 4.78 is 5.56. The molecule has 0 bridgehead atoms. The Morgan fingerprint density at radius 3 is 2.24 bits per heavy atom. The van der Waals surface area contributed by atoms with Crippen LogP contribution in [-0.2, 0) is 14.3 Å². The second-order valence-corrected chi connectivity index (χ2v) is 9.79. The number of hydrogen-bond donors (Lipinski definition) is 3. The summed E-state index contributed by atoms with van der Waals surface area (Å²) >= 11 is 0. The van der Waals surface area contributed by atoms with Crippen molar-refractivity contribution in [1.82, 2.24) is 10.6 Å². The molecule has 3 aliphatic carbocycles. The molecule has 1 spiro atoms. The number of amides is 2. The first-order valence-electron chi connectivity index (χ1n) is 12.1. The van der Waals surface area contributed by atoms with Crippen LogP contribution in [0.25, 0.3) is 11.1 Å². The highest BCUT2D eigenvalue weighted by Crippen LogP contribution is 2.57. The van der Waals surface area contributed by atoms with Crippen LogP contribution in [0, 0.1) is 5.41 Å². The van der Waals surface area contributed by atoms with Crippen LogP contribution in [0.2, 0.25) is 0 Å². The van der Waals surface area contributed by atoms with Gasteiger partial charge in [0.2, 0.25) is 5.91 Å². The zero-order valence-corrected chi connectivity index (χ0v) is 19.1. The minimum atomic E-state index is -1.01. The van der Waals surface area contributed by atoms with Gasteiger partial charge < -0.3 is 20.5 Å². The Balaban J connectivity index is 1.21. The molecule has 2 atom stereocenters. The third-order valence-electron chi connectivity index (χ3n) is 7.70. The van der Waals surface area contributed by atoms with Crippen molar-refractivity contribution in [3.05, 3.63) is 59.7 Å². The average Bonchev–Trinajstić information content (AvgIpc) is 3.15. The van der Waals surface area contributed by atoms with Gasteiger partial charge >= 0.3 is 12.1 Å². The van der Waals surface area contributed by atoms with Crippen LogP contribution in [0.15, 0.2) is 48.5 Å². The summed E-state index contributed by atoms with van der Waals surface area (Å²) in [6, 6.07) is 15.3. The van der Waals surface area contributed by atoms with Gasteiger partial charge in [0.1, 0.15) is 12.6 Å². The maximum absolute atomic E-state index is 12.9. The van der Waals surface area contributed by atoms with E-state index in [1.165, 1.54) is 12.8 Å². The number of carbonyl (C=O) groups is 3. The van der Waals surface area contributed by atoms with Gasteiger partial charge in [0.25, 0.3) is 0 Å². The number of ether oxygens (including phenoxy) is 1. The van der Waals surface area contributed by atoms with E-state index in [4.69, 9.17) is 9.84 Å². The lowest BCUT2D eigenvalue weighted by molar-refractivity contribution is -0.137. The molecule has 0 heterocycles. The minimum absolute atomic E-state index is 0.0189. The molecule has 178 valence electrons. The van der Waals surface area contributed by atoms with Gasteiger partial charge in [-0.1, -0.05) is 61.4 Å². The topological polar surface area (TPSA) is 105 Å². The Kier molecular flexibility index (Phi) is 6.02. The molecule has 2 aromatic carbocycles. The summed E-state index contributed by atoms with van der Waals surface area (Å²) in [7, 11) is 0. The number of carboxylic acid groups (broad SMARTS) is 1. The monoisotopic (exact) mass is 462 g/mol. The van der Waals surface area contributed by atoms with Gasteiger partial charge in [0.05, 0.1) is 0 Å². The van der Waals surface area contributed by atoms with Gasteiger partial charge in [-0.05, 0) is 53.4 Å². The molecule has 7 heteroatoms. The first kappa shape index (κ1) is 22.4. The van der Waals surface area contributed by atoms with E-state index in [9.17, 15) is 14.4 Å². The lowest BCUT2D eigenvalue weighted by atomic mass is 9.98. The molecule has 7 nitrogen and oxygen atoms in total. The maximum atomic E-state index is 12.9. The molecule has 2 fully saturated rings. The minimum Gasteiger partial charge on any atom is -0.481 e. The van der Waals surface area contributed by atoms with Crippen LogP contribution in [0.1, 0.15) is 62.0 Å². The Morgan fingerprint density at radius 2 is 1.62 bits per heavy atom. The fraction of sp³-hybridized carbons (Fsp3) is 0.444. The van der Waals surface area contributed by atoms with Crippen LogP contribution in [0.5, 0.6) is 0 Å². The Labute approximate surface area is 198 Å². The average molecular weight is 463 g/mol. The van der Waals surface area contributed by atoms with Crippen LogP contribution in [0.4, 0.5) is 4.79 Å². The summed E-state index contributed by atoms with van der Waals surface area (Å²) in [6.45, 7) is 0.138. The molecule has 3 N–H and O–H groups in total. The molecule has 5 rings (SSSR count). The van der Waals surface area contributed by atoms with E-state index in [2.05, 4.69) is 22.8 Å². The summed E-state index contributed by atoms with van der Waals surface area (Å²) in [4.78, 5) is 36.7. The van der Waals surface area contributed by atoms with E-state index < -0.39 is 18.1 Å². The lowest BCUT2D eigenvalue weighted by Crippen LogP contribution is -2.48. The van der Waals surface area contributed by atoms with Crippen molar-refractivity contribution in [3.8, 4) is 11.1 Å². The highest BCUT2D eigenvalue weighted by molar-refractivity contribution is 5.87. The van der Waals surface area contributed by atoms with Crippen molar-refractivity contribution in [1.29, 1.82) is 0 Å². The van der Waals surface area contributed by atoms with Crippen LogP contribution < -0.4 is 10.6 Å². The second-order valence-electron chi connectivity index (χ2n) is 9.79. The molecule has 34 heavy (non-hydrogen) atoms. The molecule has 0 radical (unpaired) electrons. The molecule has 0 aliphatic heterocycles. The highest BCUT2D eigenvalue weighted by atomic mass is 16.5. The smallest absolute Gasteiger partial charge is 0.407 e. The molecule has 2 aromatic rings. The van der Waals surface area contributed by atoms with E-state index in [1.54, 1.807) is 0 Å². The normalized spacial score (nSPS) is 20.3. The number of benzene rings is 2. The Morgan fingerprint density at radius 1 is 1.00 bits per heavy atom. The van der Waals surface area contributed by atoms with Gasteiger partial charge in [0, 0.05) is 18.4 Å². The number of hydrogen-bond acceptors (Lipinski definition) is 4. The van der Waals surface area contributed by atoms with Crippen molar-refractivity contribution in [2.75, 3.05) is 6.61 Å². The molecule has 2 unspecified atom stereocenters. The van der Waals surface area contributed by atoms with Crippen LogP contribution >= 0.6 is 0 Å². The zero-order chi connectivity index (χ0) is 23.7. The predicted molar refractivity (Wildman–Crippen MR) is 126 cm³/mol. The number of carboxylic acids is 1. The fourth-order valence-electron chi connectivity index (χ4n) is 5.77. The lowest BCUT2D eigenvalue weighted by Gasteiger charge is -2.20. The number of aliphatic carboxylic acids is 1. The van der Waals surface area contributed by atoms with Gasteiger partial charge in [-0.15, -0.1) is 0 Å². The maximum Gasteiger partial charge on any atom is 0.407 e. The largest absolute Gasteiger partial charge is 0.481 e. The van der Waals surface area contributed by atoms with Gasteiger partial charge in [-0.25, -0.2) is 4.79 Å². The Bertz CT molecular complexity index is 1060. The summed E-state index contributed by atoms with van der Waals surface area (Å²) in [5.74, 6) is -1.42. The summed E-state index contributed by atoms with van der Waals surface area (Å²) in [5.41, 5.74) is 4.70. The Hall–Kier alpha value is -3.35. The molecule has 3 aliphatic rings. The molecule has 2 saturated carbocycles. The van der Waals surface area contributed by atoms with E-state index in [-0.39, 0.29) is 42.7 Å². The number of nitrogens with one attached hydrogen (secondary N) is 2. The zero-order valence-electron chi connectivity index (χ0n) is 19.1. The van der Waals surface area contributed by atoms with Crippen molar-refractivity contribution in [3.63, 3.8) is 0 Å². The van der Waals surface area contributed by atoms with E-state index in [0.717, 1.165) is 41.5 Å². The van der Waals surface area contributed by atoms with Crippen molar-refractivity contribution >= 4 is 18.0 Å². The van der Waals surface area contributed by atoms with Crippen LogP contribution in [-0.4, -0.2) is 41.8 Å². The first-order valence-corrected chi connectivity index (χ1v) is 12.1. The molecule has 2 amide bonds. The quantitative estimate of drug-likeness (QED) is 0.545. The van der Waals surface area contributed by atoms with Gasteiger partial charge in [0.15, 0.2) is 0 Å². The molecular weight excluding hydrogens is 432 g/mol. The number of carbonyl (C=O) groups excluding carboxylic acids is 2. The predicted octanol–water partition coefficient (Wildman–Crippen LogP) is 4.21. The van der Waals surface area contributed by atoms with E-state index in [0.29, 0.717) is 0 Å². The second kappa shape index (κ2) is 9.12.